The van der Waals surface area contributed by atoms with E-state index in [4.69, 9.17) is 0 Å². The summed E-state index contributed by atoms with van der Waals surface area (Å²) in [6, 6.07) is 49.2. The second-order valence-electron chi connectivity index (χ2n) is 12.1. The van der Waals surface area contributed by atoms with Gasteiger partial charge >= 0.3 is 0 Å². The van der Waals surface area contributed by atoms with Gasteiger partial charge in [-0.25, -0.2) is 0 Å². The van der Waals surface area contributed by atoms with Crippen LogP contribution in [-0.4, -0.2) is 33.9 Å². The summed E-state index contributed by atoms with van der Waals surface area (Å²) in [6.45, 7) is 0. The van der Waals surface area contributed by atoms with E-state index in [2.05, 4.69) is 149 Å². The van der Waals surface area contributed by atoms with Gasteiger partial charge in [-0.15, -0.1) is 10.2 Å². The van der Waals surface area contributed by atoms with E-state index >= 15 is 0 Å². The highest BCUT2D eigenvalue weighted by Crippen LogP contribution is 2.37. The fourth-order valence-corrected chi connectivity index (χ4v) is 7.24. The topological polar surface area (TPSA) is 66.3 Å². The molecule has 0 aliphatic heterocycles. The maximum absolute atomic E-state index is 4.67. The molecule has 0 bridgehead atoms. The molecule has 0 saturated carbocycles. The average Bonchev–Trinajstić information content (AvgIpc) is 3.86. The van der Waals surface area contributed by atoms with Crippen molar-refractivity contribution in [3.63, 3.8) is 0 Å². The van der Waals surface area contributed by atoms with E-state index in [-0.39, 0.29) is 0 Å². The predicted octanol–water partition coefficient (Wildman–Crippen LogP) is 9.59. The Morgan fingerprint density at radius 3 is 1.33 bits per heavy atom. The Kier molecular flexibility index (Phi) is 6.04. The molecule has 0 atom stereocenters. The van der Waals surface area contributed by atoms with Crippen molar-refractivity contribution in [1.82, 2.24) is 33.9 Å². The first-order valence-corrected chi connectivity index (χ1v) is 16.2. The molecular weight excluding hydrogens is 603 g/mol. The van der Waals surface area contributed by atoms with Crippen molar-refractivity contribution in [3.05, 3.63) is 164 Å². The monoisotopic (exact) mass is 629 g/mol. The van der Waals surface area contributed by atoms with E-state index in [1.54, 1.807) is 12.4 Å². The third-order valence-corrected chi connectivity index (χ3v) is 9.34. The Bertz CT molecular complexity index is 2720. The van der Waals surface area contributed by atoms with Crippen molar-refractivity contribution in [3.8, 4) is 39.8 Å². The summed E-state index contributed by atoms with van der Waals surface area (Å²) in [6.07, 6.45) is 7.18. The van der Waals surface area contributed by atoms with Crippen LogP contribution in [0.4, 0.5) is 0 Å². The summed E-state index contributed by atoms with van der Waals surface area (Å²) < 4.78 is 6.83. The molecule has 0 radical (unpaired) electrons. The number of benzene rings is 5. The lowest BCUT2D eigenvalue weighted by atomic mass is 10.1. The number of nitrogens with zero attached hydrogens (tertiary/aromatic N) is 7. The molecule has 5 heterocycles. The molecule has 0 aliphatic carbocycles. The summed E-state index contributed by atoms with van der Waals surface area (Å²) >= 11 is 0. The SMILES string of the molecule is c1cncc(-c2nnc(-c3cccnc3)n2-c2ccc3c4ccccc4n(-c4cccc(-n5c6ccccc6c6ccccc65)c4)c3c2)c1. The van der Waals surface area contributed by atoms with Gasteiger partial charge < -0.3 is 9.13 Å². The van der Waals surface area contributed by atoms with Crippen LogP contribution in [-0.2, 0) is 0 Å². The predicted molar refractivity (Wildman–Crippen MR) is 196 cm³/mol. The molecule has 7 heteroatoms. The summed E-state index contributed by atoms with van der Waals surface area (Å²) in [5, 5.41) is 14.2. The molecule has 0 aliphatic rings. The van der Waals surface area contributed by atoms with Gasteiger partial charge in [-0.2, -0.15) is 0 Å². The number of hydrogen-bond donors (Lipinski definition) is 0. The second kappa shape index (κ2) is 10.9. The lowest BCUT2D eigenvalue weighted by Crippen LogP contribution is -2.02. The summed E-state index contributed by atoms with van der Waals surface area (Å²) in [5.41, 5.74) is 9.47. The lowest BCUT2D eigenvalue weighted by molar-refractivity contribution is 1.06. The molecule has 49 heavy (non-hydrogen) atoms. The second-order valence-corrected chi connectivity index (χ2v) is 12.1. The molecule has 0 spiro atoms. The molecule has 5 aromatic heterocycles. The first-order valence-electron chi connectivity index (χ1n) is 16.2. The van der Waals surface area contributed by atoms with Gasteiger partial charge in [0.05, 0.1) is 27.8 Å². The van der Waals surface area contributed by atoms with Crippen molar-refractivity contribution < 1.29 is 0 Å². The maximum Gasteiger partial charge on any atom is 0.170 e. The Balaban J connectivity index is 1.23. The number of fused-ring (bicyclic) bond motifs is 6. The number of aromatic nitrogens is 7. The summed E-state index contributed by atoms with van der Waals surface area (Å²) in [5.74, 6) is 1.42. The molecule has 0 amide bonds. The van der Waals surface area contributed by atoms with Gasteiger partial charge in [0, 0.05) is 68.8 Å². The third-order valence-electron chi connectivity index (χ3n) is 9.34. The van der Waals surface area contributed by atoms with Crippen LogP contribution in [0.2, 0.25) is 0 Å². The molecule has 0 fully saturated rings. The zero-order valence-electron chi connectivity index (χ0n) is 26.2. The van der Waals surface area contributed by atoms with E-state index in [1.165, 1.54) is 32.6 Å². The highest BCUT2D eigenvalue weighted by Gasteiger charge is 2.20. The molecule has 0 saturated heterocycles. The van der Waals surface area contributed by atoms with E-state index in [9.17, 15) is 0 Å². The first-order chi connectivity index (χ1) is 24.3. The van der Waals surface area contributed by atoms with Gasteiger partial charge in [-0.05, 0) is 72.8 Å². The Labute approximate surface area is 281 Å². The molecule has 10 aromatic rings. The number of pyridine rings is 2. The Morgan fingerprint density at radius 1 is 0.347 bits per heavy atom. The highest BCUT2D eigenvalue weighted by molar-refractivity contribution is 6.11. The highest BCUT2D eigenvalue weighted by atomic mass is 15.3. The average molecular weight is 630 g/mol. The zero-order chi connectivity index (χ0) is 32.3. The van der Waals surface area contributed by atoms with Crippen molar-refractivity contribution in [1.29, 1.82) is 0 Å². The molecule has 0 N–H and O–H groups in total. The molecule has 5 aromatic carbocycles. The molecule has 230 valence electrons. The number of hydrogen-bond acceptors (Lipinski definition) is 4. The fraction of sp³-hybridized carbons (Fsp3) is 0. The zero-order valence-corrected chi connectivity index (χ0v) is 26.2. The van der Waals surface area contributed by atoms with Crippen LogP contribution in [0.5, 0.6) is 0 Å². The van der Waals surface area contributed by atoms with Crippen molar-refractivity contribution in [2.45, 2.75) is 0 Å². The summed E-state index contributed by atoms with van der Waals surface area (Å²) in [4.78, 5) is 8.76. The van der Waals surface area contributed by atoms with Crippen LogP contribution in [0, 0.1) is 0 Å². The van der Waals surface area contributed by atoms with Gasteiger partial charge in [-0.3, -0.25) is 14.5 Å². The minimum atomic E-state index is 0.710. The minimum Gasteiger partial charge on any atom is -0.309 e. The normalized spacial score (nSPS) is 11.7. The quantitative estimate of drug-likeness (QED) is 0.190. The van der Waals surface area contributed by atoms with E-state index in [0.29, 0.717) is 11.6 Å². The largest absolute Gasteiger partial charge is 0.309 e. The minimum absolute atomic E-state index is 0.710. The van der Waals surface area contributed by atoms with Gasteiger partial charge in [0.15, 0.2) is 11.6 Å². The van der Waals surface area contributed by atoms with Gasteiger partial charge in [0.25, 0.3) is 0 Å². The number of rotatable bonds is 5. The van der Waals surface area contributed by atoms with E-state index in [0.717, 1.165) is 39.2 Å². The van der Waals surface area contributed by atoms with Crippen molar-refractivity contribution in [2.24, 2.45) is 0 Å². The standard InChI is InChI=1S/C42H27N7/c1-4-17-37-33(14-1)34-15-2-5-18-38(34)47(37)30-12-7-13-31(24-30)48-39-19-6-3-16-35(39)36-21-20-32(25-40(36)48)49-41(28-10-8-22-43-26-28)45-46-42(49)29-11-9-23-44-27-29/h1-27H. The van der Waals surface area contributed by atoms with E-state index in [1.807, 2.05) is 36.7 Å². The lowest BCUT2D eigenvalue weighted by Gasteiger charge is -2.14. The molecular formula is C42H27N7. The Hall–Kier alpha value is -6.86. The van der Waals surface area contributed by atoms with Crippen LogP contribution in [0.1, 0.15) is 0 Å². The summed E-state index contributed by atoms with van der Waals surface area (Å²) in [7, 11) is 0. The first kappa shape index (κ1) is 27.3. The Morgan fingerprint density at radius 2 is 0.816 bits per heavy atom. The number of para-hydroxylation sites is 3. The fourth-order valence-electron chi connectivity index (χ4n) is 7.24. The van der Waals surface area contributed by atoms with Crippen LogP contribution < -0.4 is 0 Å². The van der Waals surface area contributed by atoms with Gasteiger partial charge in [-0.1, -0.05) is 66.7 Å². The van der Waals surface area contributed by atoms with Crippen LogP contribution >= 0.6 is 0 Å². The molecule has 10 rings (SSSR count). The maximum atomic E-state index is 4.67. The molecule has 0 unspecified atom stereocenters. The van der Waals surface area contributed by atoms with Crippen molar-refractivity contribution >= 4 is 43.6 Å². The van der Waals surface area contributed by atoms with Gasteiger partial charge in [0.2, 0.25) is 0 Å². The van der Waals surface area contributed by atoms with Crippen LogP contribution in [0.3, 0.4) is 0 Å². The van der Waals surface area contributed by atoms with Crippen LogP contribution in [0.15, 0.2) is 164 Å². The van der Waals surface area contributed by atoms with E-state index < -0.39 is 0 Å². The van der Waals surface area contributed by atoms with Crippen LogP contribution in [0.25, 0.3) is 83.4 Å². The van der Waals surface area contributed by atoms with Gasteiger partial charge in [0.1, 0.15) is 0 Å². The smallest absolute Gasteiger partial charge is 0.170 e. The van der Waals surface area contributed by atoms with Crippen molar-refractivity contribution in [2.75, 3.05) is 0 Å². The molecule has 7 nitrogen and oxygen atoms in total. The third kappa shape index (κ3) is 4.22.